The molecule has 2 aromatic rings. The molecule has 2 heterocycles. The highest BCUT2D eigenvalue weighted by atomic mass is 32.1. The Bertz CT molecular complexity index is 957. The summed E-state index contributed by atoms with van der Waals surface area (Å²) in [6.45, 7) is 7.01. The van der Waals surface area contributed by atoms with Crippen LogP contribution in [0.1, 0.15) is 50.3 Å². The molecule has 0 bridgehead atoms. The zero-order valence-electron chi connectivity index (χ0n) is 17.1. The molecule has 2 N–H and O–H groups in total. The van der Waals surface area contributed by atoms with Crippen LogP contribution in [-0.4, -0.2) is 23.2 Å². The lowest BCUT2D eigenvalue weighted by Gasteiger charge is -2.38. The van der Waals surface area contributed by atoms with E-state index in [1.165, 1.54) is 0 Å². The molecule has 29 heavy (non-hydrogen) atoms. The number of carbonyl (C=O) groups excluding carboxylic acids is 1. The molecule has 2 aliphatic rings. The van der Waals surface area contributed by atoms with Gasteiger partial charge in [0.2, 0.25) is 5.91 Å². The van der Waals surface area contributed by atoms with Gasteiger partial charge in [-0.15, -0.1) is 0 Å². The Morgan fingerprint density at radius 2 is 2.03 bits per heavy atom. The molecule has 2 aromatic carbocycles. The third-order valence-electron chi connectivity index (χ3n) is 5.50. The number of nitrogens with zero attached hydrogens (tertiary/aromatic N) is 1. The van der Waals surface area contributed by atoms with Crippen LogP contribution < -0.4 is 20.3 Å². The molecule has 6 heteroatoms. The van der Waals surface area contributed by atoms with Crippen molar-refractivity contribution in [2.24, 2.45) is 0 Å². The number of ether oxygens (including phenoxy) is 1. The summed E-state index contributed by atoms with van der Waals surface area (Å²) in [5.74, 6) is 1.10. The van der Waals surface area contributed by atoms with Crippen LogP contribution in [0.5, 0.6) is 5.75 Å². The van der Waals surface area contributed by atoms with Crippen molar-refractivity contribution in [3.05, 3.63) is 53.6 Å². The first-order chi connectivity index (χ1) is 13.8. The molecule has 4 rings (SSSR count). The van der Waals surface area contributed by atoms with Gasteiger partial charge in [-0.1, -0.05) is 18.2 Å². The van der Waals surface area contributed by atoms with Crippen LogP contribution in [-0.2, 0) is 4.79 Å². The van der Waals surface area contributed by atoms with E-state index in [0.29, 0.717) is 11.5 Å². The van der Waals surface area contributed by atoms with Gasteiger partial charge in [0.05, 0.1) is 6.04 Å². The van der Waals surface area contributed by atoms with Gasteiger partial charge in [-0.25, -0.2) is 0 Å². The van der Waals surface area contributed by atoms with E-state index in [0.717, 1.165) is 47.6 Å². The van der Waals surface area contributed by atoms with Gasteiger partial charge in [0.1, 0.15) is 11.4 Å². The minimum atomic E-state index is -0.262. The fourth-order valence-electron chi connectivity index (χ4n) is 4.20. The smallest absolute Gasteiger partial charge is 0.227 e. The highest BCUT2D eigenvalue weighted by molar-refractivity contribution is 7.80. The summed E-state index contributed by atoms with van der Waals surface area (Å²) in [5, 5.41) is 7.32. The highest BCUT2D eigenvalue weighted by Gasteiger charge is 2.33. The maximum atomic E-state index is 12.0. The van der Waals surface area contributed by atoms with Crippen molar-refractivity contribution in [2.45, 2.75) is 51.7 Å². The van der Waals surface area contributed by atoms with Gasteiger partial charge in [-0.05, 0) is 69.2 Å². The molecule has 152 valence electrons. The van der Waals surface area contributed by atoms with Gasteiger partial charge >= 0.3 is 0 Å². The number of hydrogen-bond donors (Lipinski definition) is 2. The molecule has 2 aliphatic heterocycles. The third-order valence-corrected chi connectivity index (χ3v) is 5.72. The number of amides is 1. The molecule has 0 spiro atoms. The van der Waals surface area contributed by atoms with Gasteiger partial charge in [0, 0.05) is 36.3 Å². The van der Waals surface area contributed by atoms with Crippen LogP contribution >= 0.6 is 12.2 Å². The summed E-state index contributed by atoms with van der Waals surface area (Å²) in [6.07, 6.45) is 2.38. The minimum absolute atomic E-state index is 0.0811. The number of fused-ring (bicyclic) bond motifs is 1. The number of carbonyl (C=O) groups is 1. The number of nitrogens with one attached hydrogen (secondary N) is 2. The second-order valence-electron chi connectivity index (χ2n) is 8.40. The maximum Gasteiger partial charge on any atom is 0.227 e. The van der Waals surface area contributed by atoms with E-state index in [1.807, 2.05) is 48.2 Å². The highest BCUT2D eigenvalue weighted by Crippen LogP contribution is 2.39. The summed E-state index contributed by atoms with van der Waals surface area (Å²) in [4.78, 5) is 13.9. The summed E-state index contributed by atoms with van der Waals surface area (Å²) >= 11 is 5.60. The van der Waals surface area contributed by atoms with E-state index in [-0.39, 0.29) is 17.6 Å². The van der Waals surface area contributed by atoms with Crippen molar-refractivity contribution >= 4 is 34.6 Å². The number of aryl methyl sites for hydroxylation is 1. The molecule has 1 atom stereocenters. The fraction of sp³-hybridized carbons (Fsp3) is 0.391. The normalized spacial score (nSPS) is 20.0. The molecule has 0 radical (unpaired) electrons. The fourth-order valence-corrected chi connectivity index (χ4v) is 4.46. The Balaban J connectivity index is 1.46. The zero-order valence-corrected chi connectivity index (χ0v) is 17.9. The number of rotatable bonds is 3. The van der Waals surface area contributed by atoms with E-state index < -0.39 is 0 Å². The Kier molecular flexibility index (Phi) is 5.21. The van der Waals surface area contributed by atoms with Crippen LogP contribution in [0.2, 0.25) is 0 Å². The molecule has 0 aliphatic carbocycles. The molecule has 1 amide bonds. The standard InChI is InChI=1S/C23H27N3O2S/c1-15-13-16(10-11-19(15)26-12-6-9-21(26)27)24-22(29)25-18-14-23(2,3)28-20-8-5-4-7-17(18)20/h4-5,7-8,10-11,13,18H,6,9,12,14H2,1-3H3,(H2,24,25,29)/t18-/m1/s1. The Morgan fingerprint density at radius 3 is 2.76 bits per heavy atom. The van der Waals surface area contributed by atoms with Gasteiger partial charge in [0.25, 0.3) is 0 Å². The van der Waals surface area contributed by atoms with Crippen molar-refractivity contribution in [3.63, 3.8) is 0 Å². The SMILES string of the molecule is Cc1cc(NC(=S)N[C@@H]2CC(C)(C)Oc3ccccc32)ccc1N1CCCC1=O. The molecule has 0 unspecified atom stereocenters. The average molecular weight is 410 g/mol. The Labute approximate surface area is 177 Å². The third kappa shape index (κ3) is 4.22. The van der Waals surface area contributed by atoms with Crippen LogP contribution in [0.4, 0.5) is 11.4 Å². The molecule has 1 fully saturated rings. The van der Waals surface area contributed by atoms with Crippen molar-refractivity contribution in [2.75, 3.05) is 16.8 Å². The predicted molar refractivity (Wildman–Crippen MR) is 121 cm³/mol. The van der Waals surface area contributed by atoms with Crippen LogP contribution in [0.15, 0.2) is 42.5 Å². The Hall–Kier alpha value is -2.60. The van der Waals surface area contributed by atoms with Gasteiger partial charge in [0.15, 0.2) is 5.11 Å². The van der Waals surface area contributed by atoms with E-state index in [2.05, 4.69) is 30.5 Å². The number of hydrogen-bond acceptors (Lipinski definition) is 3. The van der Waals surface area contributed by atoms with Crippen molar-refractivity contribution in [1.29, 1.82) is 0 Å². The molecule has 0 saturated carbocycles. The lowest BCUT2D eigenvalue weighted by atomic mass is 9.90. The molecule has 5 nitrogen and oxygen atoms in total. The minimum Gasteiger partial charge on any atom is -0.487 e. The quantitative estimate of drug-likeness (QED) is 0.719. The first kappa shape index (κ1) is 19.7. The van der Waals surface area contributed by atoms with E-state index >= 15 is 0 Å². The van der Waals surface area contributed by atoms with Crippen LogP contribution in [0, 0.1) is 6.92 Å². The molecule has 1 saturated heterocycles. The molecule has 0 aromatic heterocycles. The topological polar surface area (TPSA) is 53.6 Å². The van der Waals surface area contributed by atoms with E-state index in [9.17, 15) is 4.79 Å². The zero-order chi connectivity index (χ0) is 20.6. The van der Waals surface area contributed by atoms with E-state index in [1.54, 1.807) is 0 Å². The number of thiocarbonyl (C=S) groups is 1. The lowest BCUT2D eigenvalue weighted by Crippen LogP contribution is -2.42. The van der Waals surface area contributed by atoms with Crippen molar-refractivity contribution < 1.29 is 9.53 Å². The second kappa shape index (κ2) is 7.67. The molecular formula is C23H27N3O2S. The number of para-hydroxylation sites is 1. The summed E-state index contributed by atoms with van der Waals surface area (Å²) < 4.78 is 6.10. The first-order valence-electron chi connectivity index (χ1n) is 10.1. The molecular weight excluding hydrogens is 382 g/mol. The largest absolute Gasteiger partial charge is 0.487 e. The summed E-state index contributed by atoms with van der Waals surface area (Å²) in [5.41, 5.74) is 3.81. The van der Waals surface area contributed by atoms with Crippen molar-refractivity contribution in [1.82, 2.24) is 5.32 Å². The number of anilines is 2. The van der Waals surface area contributed by atoms with Gasteiger partial charge in [-0.2, -0.15) is 0 Å². The first-order valence-corrected chi connectivity index (χ1v) is 10.5. The monoisotopic (exact) mass is 409 g/mol. The van der Waals surface area contributed by atoms with Gasteiger partial charge in [-0.3, -0.25) is 4.79 Å². The van der Waals surface area contributed by atoms with Crippen molar-refractivity contribution in [3.8, 4) is 5.75 Å². The number of benzene rings is 2. The van der Waals surface area contributed by atoms with Crippen LogP contribution in [0.3, 0.4) is 0 Å². The summed E-state index contributed by atoms with van der Waals surface area (Å²) in [6, 6.07) is 14.2. The van der Waals surface area contributed by atoms with Crippen LogP contribution in [0.25, 0.3) is 0 Å². The maximum absolute atomic E-state index is 12.0. The Morgan fingerprint density at radius 1 is 1.24 bits per heavy atom. The lowest BCUT2D eigenvalue weighted by molar-refractivity contribution is -0.117. The average Bonchev–Trinajstić information content (AvgIpc) is 3.06. The van der Waals surface area contributed by atoms with E-state index in [4.69, 9.17) is 17.0 Å². The summed E-state index contributed by atoms with van der Waals surface area (Å²) in [7, 11) is 0. The predicted octanol–water partition coefficient (Wildman–Crippen LogP) is 4.71. The van der Waals surface area contributed by atoms with Gasteiger partial charge < -0.3 is 20.3 Å². The second-order valence-corrected chi connectivity index (χ2v) is 8.81.